The molecule has 0 saturated carbocycles. The van der Waals surface area contributed by atoms with E-state index in [2.05, 4.69) is 20.4 Å². The third kappa shape index (κ3) is 3.75. The van der Waals surface area contributed by atoms with E-state index >= 15 is 0 Å². The number of carbonyl (C=O) groups is 1. The van der Waals surface area contributed by atoms with E-state index in [1.165, 1.54) is 25.0 Å². The molecule has 2 heterocycles. The number of hydrogen-bond donors (Lipinski definition) is 1. The van der Waals surface area contributed by atoms with Crippen molar-refractivity contribution in [2.24, 2.45) is 0 Å². The second kappa shape index (κ2) is 7.40. The van der Waals surface area contributed by atoms with Crippen LogP contribution in [0.1, 0.15) is 16.2 Å². The molecule has 1 aromatic carbocycles. The van der Waals surface area contributed by atoms with Gasteiger partial charge in [-0.05, 0) is 37.3 Å². The second-order valence-electron chi connectivity index (χ2n) is 5.30. The highest BCUT2D eigenvalue weighted by Crippen LogP contribution is 2.20. The molecular weight excluding hydrogens is 358 g/mol. The molecule has 0 unspecified atom stereocenters. The number of hydrogen-bond acceptors (Lipinski definition) is 6. The maximum Gasteiger partial charge on any atom is 0.274 e. The smallest absolute Gasteiger partial charge is 0.274 e. The third-order valence-electron chi connectivity index (χ3n) is 3.44. The van der Waals surface area contributed by atoms with Gasteiger partial charge in [0.1, 0.15) is 5.69 Å². The average molecular weight is 374 g/mol. The summed E-state index contributed by atoms with van der Waals surface area (Å²) in [6.45, 7) is 1.77. The van der Waals surface area contributed by atoms with Gasteiger partial charge in [-0.1, -0.05) is 11.6 Å². The molecule has 0 aliphatic heterocycles. The first-order valence-electron chi connectivity index (χ1n) is 7.61. The first-order valence-corrected chi connectivity index (χ1v) is 7.99. The van der Waals surface area contributed by atoms with Crippen molar-refractivity contribution in [2.75, 3.05) is 19.5 Å². The summed E-state index contributed by atoms with van der Waals surface area (Å²) < 4.78 is 11.6. The summed E-state index contributed by atoms with van der Waals surface area (Å²) >= 11 is 5.86. The summed E-state index contributed by atoms with van der Waals surface area (Å²) in [4.78, 5) is 21.2. The number of nitrogens with one attached hydrogen (secondary N) is 1. The van der Waals surface area contributed by atoms with Crippen LogP contribution >= 0.6 is 11.6 Å². The van der Waals surface area contributed by atoms with Gasteiger partial charge >= 0.3 is 0 Å². The Hall–Kier alpha value is -3.13. The minimum absolute atomic E-state index is 0.163. The van der Waals surface area contributed by atoms with Crippen LogP contribution in [-0.2, 0) is 0 Å². The Morgan fingerprint density at radius 2 is 1.69 bits per heavy atom. The molecule has 3 rings (SSSR count). The maximum absolute atomic E-state index is 12.7. The Balaban J connectivity index is 1.98. The van der Waals surface area contributed by atoms with Gasteiger partial charge in [-0.2, -0.15) is 19.7 Å². The van der Waals surface area contributed by atoms with E-state index in [0.717, 1.165) is 0 Å². The summed E-state index contributed by atoms with van der Waals surface area (Å²) in [6.07, 6.45) is 0. The number of nitrogens with zero attached hydrogens (tertiary/aromatic N) is 4. The van der Waals surface area contributed by atoms with Crippen molar-refractivity contribution in [1.82, 2.24) is 19.7 Å². The van der Waals surface area contributed by atoms with Crippen LogP contribution in [-0.4, -0.2) is 39.9 Å². The van der Waals surface area contributed by atoms with E-state index in [9.17, 15) is 4.79 Å². The van der Waals surface area contributed by atoms with Gasteiger partial charge in [0.25, 0.3) is 11.9 Å². The van der Waals surface area contributed by atoms with Gasteiger partial charge in [0.15, 0.2) is 0 Å². The fourth-order valence-corrected chi connectivity index (χ4v) is 2.36. The lowest BCUT2D eigenvalue weighted by Gasteiger charge is -2.09. The van der Waals surface area contributed by atoms with Crippen molar-refractivity contribution in [3.63, 3.8) is 0 Å². The zero-order chi connectivity index (χ0) is 18.7. The van der Waals surface area contributed by atoms with Gasteiger partial charge in [0.2, 0.25) is 11.8 Å². The summed E-state index contributed by atoms with van der Waals surface area (Å²) in [5.74, 6) is 0.391. The number of aryl methyl sites for hydroxylation is 1. The fourth-order valence-electron chi connectivity index (χ4n) is 2.24. The Morgan fingerprint density at radius 3 is 2.27 bits per heavy atom. The van der Waals surface area contributed by atoms with E-state index in [0.29, 0.717) is 28.2 Å². The van der Waals surface area contributed by atoms with Crippen LogP contribution in [0.15, 0.2) is 36.4 Å². The molecule has 0 spiro atoms. The van der Waals surface area contributed by atoms with Crippen molar-refractivity contribution >= 4 is 23.2 Å². The van der Waals surface area contributed by atoms with Crippen molar-refractivity contribution < 1.29 is 14.3 Å². The molecule has 0 radical (unpaired) electrons. The molecule has 8 nitrogen and oxygen atoms in total. The van der Waals surface area contributed by atoms with Gasteiger partial charge in [-0.25, -0.2) is 0 Å². The SMILES string of the molecule is COc1cc(OC)nc(-n2nc(C)cc2C(=O)Nc2ccc(Cl)cc2)n1. The zero-order valence-electron chi connectivity index (χ0n) is 14.4. The lowest BCUT2D eigenvalue weighted by Crippen LogP contribution is -2.18. The van der Waals surface area contributed by atoms with Crippen LogP contribution in [0, 0.1) is 6.92 Å². The number of amides is 1. The number of halogens is 1. The van der Waals surface area contributed by atoms with Crippen molar-refractivity contribution in [1.29, 1.82) is 0 Å². The van der Waals surface area contributed by atoms with Crippen LogP contribution in [0.4, 0.5) is 5.69 Å². The van der Waals surface area contributed by atoms with E-state index in [-0.39, 0.29) is 17.5 Å². The van der Waals surface area contributed by atoms with Crippen LogP contribution in [0.25, 0.3) is 5.95 Å². The number of rotatable bonds is 5. The molecular formula is C17H16ClN5O3. The number of ether oxygens (including phenoxy) is 2. The molecule has 1 N–H and O–H groups in total. The largest absolute Gasteiger partial charge is 0.481 e. The summed E-state index contributed by atoms with van der Waals surface area (Å²) in [7, 11) is 2.96. The lowest BCUT2D eigenvalue weighted by molar-refractivity contribution is 0.101. The molecule has 0 fully saturated rings. The van der Waals surface area contributed by atoms with Crippen molar-refractivity contribution in [3.05, 3.63) is 52.8 Å². The maximum atomic E-state index is 12.7. The van der Waals surface area contributed by atoms with Gasteiger partial charge in [-0.3, -0.25) is 4.79 Å². The Morgan fingerprint density at radius 1 is 1.08 bits per heavy atom. The normalized spacial score (nSPS) is 10.5. The van der Waals surface area contributed by atoms with Crippen LogP contribution in [0.5, 0.6) is 11.8 Å². The van der Waals surface area contributed by atoms with E-state index in [4.69, 9.17) is 21.1 Å². The Bertz CT molecular complexity index is 918. The number of anilines is 1. The third-order valence-corrected chi connectivity index (χ3v) is 3.69. The number of carbonyl (C=O) groups excluding carboxylic acids is 1. The molecule has 3 aromatic rings. The van der Waals surface area contributed by atoms with Crippen molar-refractivity contribution in [2.45, 2.75) is 6.92 Å². The van der Waals surface area contributed by atoms with E-state index in [1.807, 2.05) is 0 Å². The van der Waals surface area contributed by atoms with Gasteiger partial charge in [0, 0.05) is 10.7 Å². The van der Waals surface area contributed by atoms with Gasteiger partial charge in [-0.15, -0.1) is 0 Å². The summed E-state index contributed by atoms with van der Waals surface area (Å²) in [5, 5.41) is 7.68. The van der Waals surface area contributed by atoms with E-state index in [1.54, 1.807) is 37.3 Å². The monoisotopic (exact) mass is 373 g/mol. The average Bonchev–Trinajstić information content (AvgIpc) is 3.05. The first-order chi connectivity index (χ1) is 12.5. The predicted molar refractivity (Wildman–Crippen MR) is 96.4 cm³/mol. The van der Waals surface area contributed by atoms with E-state index < -0.39 is 0 Å². The molecule has 2 aromatic heterocycles. The lowest BCUT2D eigenvalue weighted by atomic mass is 10.3. The molecule has 0 aliphatic rings. The highest BCUT2D eigenvalue weighted by atomic mass is 35.5. The van der Waals surface area contributed by atoms with Crippen LogP contribution < -0.4 is 14.8 Å². The molecule has 0 bridgehead atoms. The molecule has 1 amide bonds. The molecule has 26 heavy (non-hydrogen) atoms. The second-order valence-corrected chi connectivity index (χ2v) is 5.73. The number of methoxy groups -OCH3 is 2. The zero-order valence-corrected chi connectivity index (χ0v) is 15.1. The van der Waals surface area contributed by atoms with Crippen LogP contribution in [0.2, 0.25) is 5.02 Å². The molecule has 0 saturated heterocycles. The Labute approximate surface area is 154 Å². The number of aromatic nitrogens is 4. The molecule has 0 atom stereocenters. The van der Waals surface area contributed by atoms with Crippen molar-refractivity contribution in [3.8, 4) is 17.7 Å². The molecule has 9 heteroatoms. The number of benzene rings is 1. The minimum Gasteiger partial charge on any atom is -0.481 e. The highest BCUT2D eigenvalue weighted by molar-refractivity contribution is 6.30. The molecule has 134 valence electrons. The first kappa shape index (κ1) is 17.7. The predicted octanol–water partition coefficient (Wildman–Crippen LogP) is 2.89. The Kier molecular flexibility index (Phi) is 5.04. The highest BCUT2D eigenvalue weighted by Gasteiger charge is 2.19. The quantitative estimate of drug-likeness (QED) is 0.739. The topological polar surface area (TPSA) is 91.2 Å². The van der Waals surface area contributed by atoms with Gasteiger partial charge < -0.3 is 14.8 Å². The minimum atomic E-state index is -0.363. The standard InChI is InChI=1S/C17H16ClN5O3/c1-10-8-13(16(24)19-12-6-4-11(18)5-7-12)23(22-10)17-20-14(25-2)9-15(21-17)26-3/h4-9H,1-3H3,(H,19,24). The summed E-state index contributed by atoms with van der Waals surface area (Å²) in [5.41, 5.74) is 1.51. The van der Waals surface area contributed by atoms with Crippen LogP contribution in [0.3, 0.4) is 0 Å². The molecule has 0 aliphatic carbocycles. The fraction of sp³-hybridized carbons (Fsp3) is 0.176. The van der Waals surface area contributed by atoms with Gasteiger partial charge in [0.05, 0.1) is 26.0 Å². The summed E-state index contributed by atoms with van der Waals surface area (Å²) in [6, 6.07) is 9.97.